The number of nitrogens with zero attached hydrogens (tertiary/aromatic N) is 1. The quantitative estimate of drug-likeness (QED) is 0.881. The second-order valence-corrected chi connectivity index (χ2v) is 9.35. The van der Waals surface area contributed by atoms with Crippen LogP contribution in [0.4, 0.5) is 0 Å². The van der Waals surface area contributed by atoms with Gasteiger partial charge in [-0.25, -0.2) is 8.42 Å². The topological polar surface area (TPSA) is 91.8 Å². The summed E-state index contributed by atoms with van der Waals surface area (Å²) in [4.78, 5) is 26.0. The van der Waals surface area contributed by atoms with Crippen LogP contribution < -0.4 is 0 Å². The van der Waals surface area contributed by atoms with Crippen LogP contribution in [0.25, 0.3) is 0 Å². The van der Waals surface area contributed by atoms with E-state index in [4.69, 9.17) is 5.11 Å². The number of rotatable bonds is 4. The average Bonchev–Trinajstić information content (AvgIpc) is 3.25. The Morgan fingerprint density at radius 3 is 2.28 bits per heavy atom. The first kappa shape index (κ1) is 17.9. The molecule has 1 heterocycles. The molecular formula is C18H23NO5S. The van der Waals surface area contributed by atoms with E-state index in [0.29, 0.717) is 38.6 Å². The molecule has 1 atom stereocenters. The summed E-state index contributed by atoms with van der Waals surface area (Å²) in [5.41, 5.74) is 0.953. The zero-order valence-electron chi connectivity index (χ0n) is 14.3. The zero-order chi connectivity index (χ0) is 18.2. The van der Waals surface area contributed by atoms with E-state index < -0.39 is 32.4 Å². The smallest absolute Gasteiger partial charge is 0.308 e. The van der Waals surface area contributed by atoms with Gasteiger partial charge in [0, 0.05) is 13.1 Å². The van der Waals surface area contributed by atoms with Gasteiger partial charge in [0.05, 0.1) is 10.8 Å². The minimum absolute atomic E-state index is 0.0966. The molecule has 1 unspecified atom stereocenters. The lowest BCUT2D eigenvalue weighted by Crippen LogP contribution is -2.51. The van der Waals surface area contributed by atoms with Crippen LogP contribution in [-0.4, -0.2) is 48.1 Å². The molecule has 25 heavy (non-hydrogen) atoms. The second-order valence-electron chi connectivity index (χ2n) is 7.09. The molecular weight excluding hydrogens is 342 g/mol. The molecule has 0 spiro atoms. The van der Waals surface area contributed by atoms with Crippen molar-refractivity contribution in [3.05, 3.63) is 29.8 Å². The molecule has 7 heteroatoms. The number of likely N-dealkylation sites (tertiary alicyclic amines) is 1. The third-order valence-corrected chi connectivity index (χ3v) is 7.98. The summed E-state index contributed by atoms with van der Waals surface area (Å²) in [5, 5.41) is 9.15. The highest BCUT2D eigenvalue weighted by Gasteiger charge is 2.55. The molecule has 2 aliphatic rings. The zero-order valence-corrected chi connectivity index (χ0v) is 15.1. The fourth-order valence-electron chi connectivity index (χ4n) is 3.92. The van der Waals surface area contributed by atoms with E-state index in [1.54, 1.807) is 24.3 Å². The minimum atomic E-state index is -3.83. The maximum absolute atomic E-state index is 13.3. The lowest BCUT2D eigenvalue weighted by molar-refractivity contribution is -0.141. The molecule has 6 nitrogen and oxygen atoms in total. The number of aliphatic carboxylic acids is 1. The van der Waals surface area contributed by atoms with Gasteiger partial charge in [-0.05, 0) is 38.3 Å². The second kappa shape index (κ2) is 6.44. The maximum atomic E-state index is 13.3. The number of benzene rings is 1. The van der Waals surface area contributed by atoms with Crippen LogP contribution in [0.15, 0.2) is 29.2 Å². The number of hydrogen-bond acceptors (Lipinski definition) is 4. The van der Waals surface area contributed by atoms with Gasteiger partial charge in [-0.1, -0.05) is 30.5 Å². The van der Waals surface area contributed by atoms with Crippen molar-refractivity contribution in [1.82, 2.24) is 4.90 Å². The van der Waals surface area contributed by atoms with Crippen molar-refractivity contribution in [1.29, 1.82) is 0 Å². The molecule has 0 radical (unpaired) electrons. The molecule has 3 rings (SSSR count). The first-order chi connectivity index (χ1) is 11.8. The predicted octanol–water partition coefficient (Wildman–Crippen LogP) is 2.01. The van der Waals surface area contributed by atoms with Crippen LogP contribution in [0.5, 0.6) is 0 Å². The standard InChI is InChI=1S/C18H23NO5S/c1-13-4-6-15(7-5-13)25(23,24)18(9-2-3-10-18)17(22)19-11-8-14(12-19)16(20)21/h4-7,14H,2-3,8-12H2,1H3,(H,20,21). The largest absolute Gasteiger partial charge is 0.481 e. The summed E-state index contributed by atoms with van der Waals surface area (Å²) in [5.74, 6) is -1.96. The molecule has 1 aliphatic heterocycles. The number of amides is 1. The van der Waals surface area contributed by atoms with Crippen LogP contribution in [0.3, 0.4) is 0 Å². The monoisotopic (exact) mass is 365 g/mol. The molecule has 0 bridgehead atoms. The van der Waals surface area contributed by atoms with Crippen LogP contribution in [0.2, 0.25) is 0 Å². The summed E-state index contributed by atoms with van der Waals surface area (Å²) in [6.45, 7) is 2.28. The normalized spacial score (nSPS) is 22.9. The van der Waals surface area contributed by atoms with Gasteiger partial charge < -0.3 is 10.0 Å². The molecule has 1 saturated carbocycles. The summed E-state index contributed by atoms with van der Waals surface area (Å²) in [6.07, 6.45) is 2.36. The summed E-state index contributed by atoms with van der Waals surface area (Å²) >= 11 is 0. The Balaban J connectivity index is 1.95. The molecule has 2 fully saturated rings. The van der Waals surface area contributed by atoms with Crippen molar-refractivity contribution in [2.45, 2.75) is 48.7 Å². The van der Waals surface area contributed by atoms with Gasteiger partial charge >= 0.3 is 5.97 Å². The van der Waals surface area contributed by atoms with Crippen molar-refractivity contribution in [3.63, 3.8) is 0 Å². The lowest BCUT2D eigenvalue weighted by Gasteiger charge is -2.32. The summed E-state index contributed by atoms with van der Waals surface area (Å²) in [7, 11) is -3.83. The number of aryl methyl sites for hydroxylation is 1. The van der Waals surface area contributed by atoms with Gasteiger partial charge in [-0.3, -0.25) is 9.59 Å². The number of carbonyl (C=O) groups is 2. The summed E-state index contributed by atoms with van der Waals surface area (Å²) in [6, 6.07) is 6.58. The van der Waals surface area contributed by atoms with Gasteiger partial charge in [0.15, 0.2) is 14.6 Å². The third-order valence-electron chi connectivity index (χ3n) is 5.47. The van der Waals surface area contributed by atoms with Crippen molar-refractivity contribution in [2.75, 3.05) is 13.1 Å². The van der Waals surface area contributed by atoms with E-state index in [1.165, 1.54) is 4.90 Å². The molecule has 1 amide bonds. The van der Waals surface area contributed by atoms with E-state index in [9.17, 15) is 18.0 Å². The third kappa shape index (κ3) is 2.94. The fraction of sp³-hybridized carbons (Fsp3) is 0.556. The highest BCUT2D eigenvalue weighted by Crippen LogP contribution is 2.42. The van der Waals surface area contributed by atoms with E-state index >= 15 is 0 Å². The predicted molar refractivity (Wildman–Crippen MR) is 91.9 cm³/mol. The summed E-state index contributed by atoms with van der Waals surface area (Å²) < 4.78 is 25.2. The number of sulfone groups is 1. The Kier molecular flexibility index (Phi) is 4.62. The van der Waals surface area contributed by atoms with E-state index in [1.807, 2.05) is 6.92 Å². The number of carboxylic acid groups (broad SMARTS) is 1. The minimum Gasteiger partial charge on any atom is -0.481 e. The van der Waals surface area contributed by atoms with Gasteiger partial charge in [0.2, 0.25) is 5.91 Å². The Bertz CT molecular complexity index is 778. The Morgan fingerprint density at radius 2 is 1.76 bits per heavy atom. The molecule has 1 N–H and O–H groups in total. The van der Waals surface area contributed by atoms with Crippen LogP contribution in [-0.2, 0) is 19.4 Å². The molecule has 1 aromatic carbocycles. The van der Waals surface area contributed by atoms with Crippen LogP contribution in [0.1, 0.15) is 37.7 Å². The molecule has 0 aromatic heterocycles. The van der Waals surface area contributed by atoms with Crippen molar-refractivity contribution in [2.24, 2.45) is 5.92 Å². The Morgan fingerprint density at radius 1 is 1.16 bits per heavy atom. The van der Waals surface area contributed by atoms with Gasteiger partial charge in [0.1, 0.15) is 0 Å². The van der Waals surface area contributed by atoms with Gasteiger partial charge in [-0.15, -0.1) is 0 Å². The maximum Gasteiger partial charge on any atom is 0.308 e. The molecule has 1 saturated heterocycles. The van der Waals surface area contributed by atoms with E-state index in [0.717, 1.165) is 5.56 Å². The van der Waals surface area contributed by atoms with E-state index in [-0.39, 0.29) is 11.4 Å². The average molecular weight is 365 g/mol. The van der Waals surface area contributed by atoms with Gasteiger partial charge in [0.25, 0.3) is 0 Å². The highest BCUT2D eigenvalue weighted by molar-refractivity contribution is 7.93. The molecule has 1 aliphatic carbocycles. The molecule has 1 aromatic rings. The Hall–Kier alpha value is -1.89. The number of carboxylic acids is 1. The van der Waals surface area contributed by atoms with Crippen LogP contribution >= 0.6 is 0 Å². The highest BCUT2D eigenvalue weighted by atomic mass is 32.2. The Labute approximate surface area is 147 Å². The van der Waals surface area contributed by atoms with Gasteiger partial charge in [-0.2, -0.15) is 0 Å². The van der Waals surface area contributed by atoms with Crippen molar-refractivity contribution in [3.8, 4) is 0 Å². The van der Waals surface area contributed by atoms with Crippen molar-refractivity contribution >= 4 is 21.7 Å². The first-order valence-electron chi connectivity index (χ1n) is 8.61. The SMILES string of the molecule is Cc1ccc(S(=O)(=O)C2(C(=O)N3CCC(C(=O)O)C3)CCCC2)cc1. The lowest BCUT2D eigenvalue weighted by atomic mass is 10.1. The van der Waals surface area contributed by atoms with Crippen molar-refractivity contribution < 1.29 is 23.1 Å². The van der Waals surface area contributed by atoms with Crippen LogP contribution in [0, 0.1) is 12.8 Å². The van der Waals surface area contributed by atoms with E-state index in [2.05, 4.69) is 0 Å². The number of carbonyl (C=O) groups excluding carboxylic acids is 1. The molecule has 136 valence electrons. The first-order valence-corrected chi connectivity index (χ1v) is 10.1. The number of hydrogen-bond donors (Lipinski definition) is 1. The fourth-order valence-corrected chi connectivity index (χ4v) is 6.05.